The first kappa shape index (κ1) is 50.3. The fraction of sp³-hybridized carbons (Fsp3) is 0.455. The van der Waals surface area contributed by atoms with Crippen molar-refractivity contribution in [3.05, 3.63) is 96.1 Å². The van der Waals surface area contributed by atoms with E-state index in [-0.39, 0.29) is 70.5 Å². The number of hydrogen-bond acceptors (Lipinski definition) is 9. The van der Waals surface area contributed by atoms with Gasteiger partial charge in [-0.2, -0.15) is 8.42 Å². The van der Waals surface area contributed by atoms with Crippen LogP contribution in [0, 0.1) is 0 Å². The average molecular weight is 851 g/mol. The first-order valence-corrected chi connectivity index (χ1v) is 22.8. The van der Waals surface area contributed by atoms with Gasteiger partial charge in [0.25, 0.3) is 10.1 Å². The van der Waals surface area contributed by atoms with E-state index in [0.29, 0.717) is 35.5 Å². The first-order chi connectivity index (χ1) is 26.8. The minimum Gasteiger partial charge on any atom is -0.872 e. The van der Waals surface area contributed by atoms with Crippen LogP contribution in [0.5, 0.6) is 34.5 Å². The fourth-order valence-electron chi connectivity index (χ4n) is 6.34. The molecule has 4 rings (SSSR count). The molecule has 0 saturated carbocycles. The number of phenols is 1. The van der Waals surface area contributed by atoms with Gasteiger partial charge >= 0.3 is 37.7 Å². The number of benzene rings is 4. The normalized spacial score (nSPS) is 11.3. The number of hydrogen-bond donors (Lipinski definition) is 2. The quantitative estimate of drug-likeness (QED) is 0.0392. The molecule has 13 heteroatoms. The molecule has 0 spiro atoms. The van der Waals surface area contributed by atoms with Crippen LogP contribution in [0.2, 0.25) is 0 Å². The summed E-state index contributed by atoms with van der Waals surface area (Å²) in [6.45, 7) is 4.39. The van der Waals surface area contributed by atoms with Gasteiger partial charge in [-0.25, -0.2) is 8.42 Å². The van der Waals surface area contributed by atoms with Crippen molar-refractivity contribution in [3.8, 4) is 34.5 Å². The summed E-state index contributed by atoms with van der Waals surface area (Å²) >= 11 is 0. The summed E-state index contributed by atoms with van der Waals surface area (Å²) in [4.78, 5) is -0.362. The van der Waals surface area contributed by atoms with Crippen LogP contribution in [0.4, 0.5) is 0 Å². The molecule has 0 heterocycles. The van der Waals surface area contributed by atoms with Gasteiger partial charge in [-0.1, -0.05) is 134 Å². The standard InChI is InChI=1S/2C22H30O5S.Ca/c2*1-2-3-4-5-6-7-8-9-11-18-14-15-21(17-22(18)28(24,25)26)27-20-13-10-12-19(23)16-20;/h2*10,12-17,23H,2-9,11H2,1H3,(H,24,25,26);/q;;+2/p-2. The Bertz CT molecular complexity index is 1840. The predicted molar refractivity (Wildman–Crippen MR) is 223 cm³/mol. The van der Waals surface area contributed by atoms with Crippen LogP contribution in [-0.2, 0) is 33.1 Å². The Morgan fingerprint density at radius 1 is 0.526 bits per heavy atom. The van der Waals surface area contributed by atoms with Crippen LogP contribution in [0.15, 0.2) is 94.7 Å². The van der Waals surface area contributed by atoms with Crippen LogP contribution in [0.1, 0.15) is 128 Å². The van der Waals surface area contributed by atoms with Crippen molar-refractivity contribution in [1.29, 1.82) is 0 Å². The third-order valence-corrected chi connectivity index (χ3v) is 11.2. The SMILES string of the molecule is CCCCCCCCCCc1ccc(Oc2cccc(O)c2)cc1S(=O)(=O)O.CCCCCCCCCCc1ccc(Oc2cccc([O-])c2)cc1S(=O)(=O)[O-].[Ca+2]. The van der Waals surface area contributed by atoms with Gasteiger partial charge < -0.3 is 24.2 Å². The number of aryl methyl sites for hydroxylation is 2. The molecule has 0 aliphatic rings. The molecule has 4 aromatic carbocycles. The molecular weight excluding hydrogens is 793 g/mol. The number of rotatable bonds is 24. The van der Waals surface area contributed by atoms with Crippen LogP contribution in [0.25, 0.3) is 0 Å². The molecule has 0 atom stereocenters. The van der Waals surface area contributed by atoms with Crippen LogP contribution in [-0.4, -0.2) is 68.8 Å². The maximum atomic E-state index is 11.8. The Balaban J connectivity index is 0.000000387. The van der Waals surface area contributed by atoms with E-state index in [1.165, 1.54) is 101 Å². The van der Waals surface area contributed by atoms with E-state index < -0.39 is 20.2 Å². The maximum Gasteiger partial charge on any atom is 2.00 e. The molecule has 308 valence electrons. The number of aromatic hydroxyl groups is 1. The third kappa shape index (κ3) is 20.1. The van der Waals surface area contributed by atoms with Crippen molar-refractivity contribution >= 4 is 58.0 Å². The molecule has 0 unspecified atom stereocenters. The first-order valence-electron chi connectivity index (χ1n) is 19.9. The van der Waals surface area contributed by atoms with E-state index in [4.69, 9.17) is 9.47 Å². The van der Waals surface area contributed by atoms with E-state index in [0.717, 1.165) is 38.5 Å². The zero-order valence-corrected chi connectivity index (χ0v) is 37.3. The van der Waals surface area contributed by atoms with Crippen molar-refractivity contribution in [2.75, 3.05) is 0 Å². The molecule has 57 heavy (non-hydrogen) atoms. The van der Waals surface area contributed by atoms with E-state index in [1.807, 2.05) is 0 Å². The molecule has 0 radical (unpaired) electrons. The molecule has 0 fully saturated rings. The summed E-state index contributed by atoms with van der Waals surface area (Å²) in [7, 11) is -8.95. The smallest absolute Gasteiger partial charge is 0.872 e. The summed E-state index contributed by atoms with van der Waals surface area (Å²) in [6, 6.07) is 21.3. The Morgan fingerprint density at radius 2 is 0.930 bits per heavy atom. The largest absolute Gasteiger partial charge is 2.00 e. The molecule has 0 aliphatic heterocycles. The van der Waals surface area contributed by atoms with Gasteiger partial charge in [0.2, 0.25) is 0 Å². The fourth-order valence-corrected chi connectivity index (χ4v) is 7.86. The van der Waals surface area contributed by atoms with E-state index >= 15 is 0 Å². The van der Waals surface area contributed by atoms with E-state index in [1.54, 1.807) is 48.5 Å². The van der Waals surface area contributed by atoms with Gasteiger partial charge in [0.1, 0.15) is 43.8 Å². The van der Waals surface area contributed by atoms with Crippen LogP contribution in [0.3, 0.4) is 0 Å². The van der Waals surface area contributed by atoms with Crippen molar-refractivity contribution in [2.24, 2.45) is 0 Å². The summed E-state index contributed by atoms with van der Waals surface area (Å²) in [5.74, 6) is 1.05. The number of ether oxygens (including phenoxy) is 2. The molecule has 0 saturated heterocycles. The Labute approximate surface area is 370 Å². The zero-order chi connectivity index (χ0) is 40.8. The van der Waals surface area contributed by atoms with Gasteiger partial charge in [-0.3, -0.25) is 4.55 Å². The van der Waals surface area contributed by atoms with Gasteiger partial charge in [-0.05, 0) is 79.3 Å². The Kier molecular flexibility index (Phi) is 23.8. The molecule has 0 bridgehead atoms. The van der Waals surface area contributed by atoms with E-state index in [2.05, 4.69) is 13.8 Å². The summed E-state index contributed by atoms with van der Waals surface area (Å²) in [6.07, 6.45) is 19.7. The second kappa shape index (κ2) is 27.0. The second-order valence-corrected chi connectivity index (χ2v) is 16.8. The zero-order valence-electron chi connectivity index (χ0n) is 33.5. The van der Waals surface area contributed by atoms with Crippen LogP contribution < -0.4 is 14.6 Å². The van der Waals surface area contributed by atoms with E-state index in [9.17, 15) is 36.2 Å². The minimum atomic E-state index is -4.61. The maximum absolute atomic E-state index is 11.8. The van der Waals surface area contributed by atoms with Crippen LogP contribution >= 0.6 is 0 Å². The molecule has 0 aromatic heterocycles. The Hall–Kier alpha value is -2.84. The van der Waals surface area contributed by atoms with Gasteiger partial charge in [-0.15, -0.1) is 5.75 Å². The predicted octanol–water partition coefficient (Wildman–Crippen LogP) is 10.9. The molecule has 4 aromatic rings. The second-order valence-electron chi connectivity index (χ2n) is 14.1. The topological polar surface area (TPSA) is 173 Å². The van der Waals surface area contributed by atoms with Crippen molar-refractivity contribution in [1.82, 2.24) is 0 Å². The van der Waals surface area contributed by atoms with Gasteiger partial charge in [0, 0.05) is 12.1 Å². The molecule has 0 amide bonds. The Morgan fingerprint density at radius 3 is 1.37 bits per heavy atom. The molecule has 0 aliphatic carbocycles. The van der Waals surface area contributed by atoms with Gasteiger partial charge in [0.15, 0.2) is 0 Å². The number of phenolic OH excluding ortho intramolecular Hbond substituents is 1. The monoisotopic (exact) mass is 850 g/mol. The van der Waals surface area contributed by atoms with Crippen molar-refractivity contribution < 1.29 is 45.6 Å². The summed E-state index contributed by atoms with van der Waals surface area (Å²) < 4.78 is 79.4. The third-order valence-electron chi connectivity index (χ3n) is 9.32. The van der Waals surface area contributed by atoms with Crippen molar-refractivity contribution in [3.63, 3.8) is 0 Å². The average Bonchev–Trinajstić information content (AvgIpc) is 3.14. The van der Waals surface area contributed by atoms with Crippen molar-refractivity contribution in [2.45, 2.75) is 139 Å². The molecule has 2 N–H and O–H groups in total. The van der Waals surface area contributed by atoms with Gasteiger partial charge in [0.05, 0.1) is 4.90 Å². The molecular formula is C44H58CaO10S2. The molecule has 10 nitrogen and oxygen atoms in total. The summed E-state index contributed by atoms with van der Waals surface area (Å²) in [5.41, 5.74) is 1.11. The minimum absolute atomic E-state index is 0. The summed E-state index contributed by atoms with van der Waals surface area (Å²) in [5, 5.41) is 20.9. The number of unbranched alkanes of at least 4 members (excludes halogenated alkanes) is 14.